The molecule has 0 aliphatic heterocycles. The van der Waals surface area contributed by atoms with Gasteiger partial charge in [-0.1, -0.05) is 18.2 Å². The van der Waals surface area contributed by atoms with Crippen LogP contribution < -0.4 is 14.9 Å². The zero-order chi connectivity index (χ0) is 19.9. The van der Waals surface area contributed by atoms with E-state index in [1.54, 1.807) is 31.4 Å². The van der Waals surface area contributed by atoms with E-state index in [-0.39, 0.29) is 12.5 Å². The minimum absolute atomic E-state index is 0.166. The number of ether oxygens (including phenoxy) is 2. The fraction of sp³-hybridized carbons (Fsp3) is 0.136. The van der Waals surface area contributed by atoms with Crippen LogP contribution in [0.15, 0.2) is 65.8 Å². The standard InChI is InChI=1S/C22H19N3O3/c1-15(17-5-6-19-12-21(27-2)10-7-18(19)11-17)24-25-22(26)14-28-20-8-3-16(13-23)4-9-20/h3-12H,14H2,1-2H3,(H,25,26)/b24-15-. The van der Waals surface area contributed by atoms with Crippen molar-refractivity contribution in [3.8, 4) is 17.6 Å². The summed E-state index contributed by atoms with van der Waals surface area (Å²) in [4.78, 5) is 11.9. The highest BCUT2D eigenvalue weighted by Crippen LogP contribution is 2.22. The number of benzene rings is 3. The number of nitriles is 1. The van der Waals surface area contributed by atoms with Crippen molar-refractivity contribution in [2.45, 2.75) is 6.92 Å². The first-order valence-corrected chi connectivity index (χ1v) is 8.63. The number of nitrogens with one attached hydrogen (secondary N) is 1. The average molecular weight is 373 g/mol. The van der Waals surface area contributed by atoms with E-state index in [0.717, 1.165) is 22.1 Å². The highest BCUT2D eigenvalue weighted by molar-refractivity contribution is 6.02. The van der Waals surface area contributed by atoms with Gasteiger partial charge in [-0.25, -0.2) is 5.43 Å². The fourth-order valence-electron chi connectivity index (χ4n) is 2.59. The molecular formula is C22H19N3O3. The van der Waals surface area contributed by atoms with Gasteiger partial charge in [-0.3, -0.25) is 4.79 Å². The molecule has 0 fully saturated rings. The van der Waals surface area contributed by atoms with Crippen LogP contribution in [-0.2, 0) is 4.79 Å². The Morgan fingerprint density at radius 3 is 2.43 bits per heavy atom. The summed E-state index contributed by atoms with van der Waals surface area (Å²) in [6.07, 6.45) is 0. The van der Waals surface area contributed by atoms with Crippen LogP contribution in [0.5, 0.6) is 11.5 Å². The second kappa shape index (κ2) is 8.69. The third kappa shape index (κ3) is 4.65. The minimum Gasteiger partial charge on any atom is -0.497 e. The zero-order valence-corrected chi connectivity index (χ0v) is 15.6. The van der Waals surface area contributed by atoms with Gasteiger partial charge in [0, 0.05) is 0 Å². The summed E-state index contributed by atoms with van der Waals surface area (Å²) in [6, 6.07) is 20.4. The lowest BCUT2D eigenvalue weighted by molar-refractivity contribution is -0.123. The Morgan fingerprint density at radius 2 is 1.71 bits per heavy atom. The van der Waals surface area contributed by atoms with E-state index in [1.165, 1.54) is 0 Å². The second-order valence-corrected chi connectivity index (χ2v) is 6.08. The maximum absolute atomic E-state index is 11.9. The van der Waals surface area contributed by atoms with Crippen LogP contribution in [0.2, 0.25) is 0 Å². The third-order valence-corrected chi connectivity index (χ3v) is 4.17. The van der Waals surface area contributed by atoms with Crippen LogP contribution in [-0.4, -0.2) is 25.3 Å². The van der Waals surface area contributed by atoms with Crippen LogP contribution in [0, 0.1) is 11.3 Å². The quantitative estimate of drug-likeness (QED) is 0.528. The number of carbonyl (C=O) groups excluding carboxylic acids is 1. The molecular weight excluding hydrogens is 354 g/mol. The van der Waals surface area contributed by atoms with Gasteiger partial charge in [0.05, 0.1) is 24.5 Å². The molecule has 0 aliphatic rings. The van der Waals surface area contributed by atoms with E-state index in [2.05, 4.69) is 10.5 Å². The lowest BCUT2D eigenvalue weighted by Crippen LogP contribution is -2.25. The predicted molar refractivity (Wildman–Crippen MR) is 108 cm³/mol. The molecule has 0 atom stereocenters. The summed E-state index contributed by atoms with van der Waals surface area (Å²) in [6.45, 7) is 1.66. The van der Waals surface area contributed by atoms with Gasteiger partial charge in [0.25, 0.3) is 5.91 Å². The van der Waals surface area contributed by atoms with Crippen LogP contribution in [0.3, 0.4) is 0 Å². The van der Waals surface area contributed by atoms with E-state index < -0.39 is 0 Å². The Labute approximate surface area is 163 Å². The lowest BCUT2D eigenvalue weighted by atomic mass is 10.0. The number of rotatable bonds is 6. The Hall–Kier alpha value is -3.85. The van der Waals surface area contributed by atoms with Gasteiger partial charge in [-0.15, -0.1) is 0 Å². The fourth-order valence-corrected chi connectivity index (χ4v) is 2.59. The molecule has 3 aromatic rings. The van der Waals surface area contributed by atoms with Gasteiger partial charge in [0.2, 0.25) is 0 Å². The molecule has 140 valence electrons. The zero-order valence-electron chi connectivity index (χ0n) is 15.6. The first-order valence-electron chi connectivity index (χ1n) is 8.63. The van der Waals surface area contributed by atoms with Gasteiger partial charge in [-0.05, 0) is 65.7 Å². The average Bonchev–Trinajstić information content (AvgIpc) is 2.75. The number of amides is 1. The minimum atomic E-state index is -0.366. The molecule has 0 heterocycles. The summed E-state index contributed by atoms with van der Waals surface area (Å²) < 4.78 is 10.6. The number of hydrogen-bond acceptors (Lipinski definition) is 5. The van der Waals surface area contributed by atoms with Crippen LogP contribution in [0.4, 0.5) is 0 Å². The monoisotopic (exact) mass is 373 g/mol. The molecule has 0 radical (unpaired) electrons. The Kier molecular flexibility index (Phi) is 5.87. The molecule has 3 aromatic carbocycles. The van der Waals surface area contributed by atoms with E-state index in [9.17, 15) is 4.79 Å². The van der Waals surface area contributed by atoms with E-state index >= 15 is 0 Å². The molecule has 28 heavy (non-hydrogen) atoms. The van der Waals surface area contributed by atoms with E-state index in [1.807, 2.05) is 49.4 Å². The molecule has 1 amide bonds. The summed E-state index contributed by atoms with van der Waals surface area (Å²) in [5.74, 6) is 0.953. The van der Waals surface area contributed by atoms with Crippen molar-refractivity contribution in [1.82, 2.24) is 5.43 Å². The molecule has 1 N–H and O–H groups in total. The summed E-state index contributed by atoms with van der Waals surface area (Å²) in [5.41, 5.74) is 4.62. The third-order valence-electron chi connectivity index (χ3n) is 4.17. The van der Waals surface area contributed by atoms with Crippen LogP contribution in [0.1, 0.15) is 18.1 Å². The van der Waals surface area contributed by atoms with Gasteiger partial charge in [0.15, 0.2) is 6.61 Å². The van der Waals surface area contributed by atoms with Crippen LogP contribution in [0.25, 0.3) is 10.8 Å². The first-order chi connectivity index (χ1) is 13.6. The maximum atomic E-state index is 11.9. The predicted octanol–water partition coefficient (Wildman–Crippen LogP) is 3.64. The van der Waals surface area contributed by atoms with Gasteiger partial charge < -0.3 is 9.47 Å². The molecule has 6 heteroatoms. The normalized spacial score (nSPS) is 11.0. The van der Waals surface area contributed by atoms with Gasteiger partial charge >= 0.3 is 0 Å². The highest BCUT2D eigenvalue weighted by Gasteiger charge is 2.05. The topological polar surface area (TPSA) is 83.7 Å². The number of nitrogens with zero attached hydrogens (tertiary/aromatic N) is 2. The number of hydrazone groups is 1. The maximum Gasteiger partial charge on any atom is 0.277 e. The molecule has 0 bridgehead atoms. The lowest BCUT2D eigenvalue weighted by Gasteiger charge is -2.07. The Balaban J connectivity index is 1.60. The molecule has 0 saturated carbocycles. The van der Waals surface area contributed by atoms with E-state index in [0.29, 0.717) is 17.0 Å². The number of carbonyl (C=O) groups is 1. The smallest absolute Gasteiger partial charge is 0.277 e. The Morgan fingerprint density at radius 1 is 1.04 bits per heavy atom. The van der Waals surface area contributed by atoms with Crippen molar-refractivity contribution in [2.75, 3.05) is 13.7 Å². The first kappa shape index (κ1) is 18.9. The number of methoxy groups -OCH3 is 1. The molecule has 6 nitrogen and oxygen atoms in total. The van der Waals surface area contributed by atoms with Gasteiger partial charge in [-0.2, -0.15) is 10.4 Å². The molecule has 0 aliphatic carbocycles. The molecule has 0 unspecified atom stereocenters. The number of hydrogen-bond donors (Lipinski definition) is 1. The van der Waals surface area contributed by atoms with Crippen molar-refractivity contribution in [2.24, 2.45) is 5.10 Å². The van der Waals surface area contributed by atoms with Crippen molar-refractivity contribution in [3.05, 3.63) is 71.8 Å². The number of fused-ring (bicyclic) bond motifs is 1. The summed E-state index contributed by atoms with van der Waals surface area (Å²) in [7, 11) is 1.64. The van der Waals surface area contributed by atoms with E-state index in [4.69, 9.17) is 14.7 Å². The molecule has 0 spiro atoms. The summed E-state index contributed by atoms with van der Waals surface area (Å²) >= 11 is 0. The molecule has 0 saturated heterocycles. The van der Waals surface area contributed by atoms with Crippen molar-refractivity contribution in [1.29, 1.82) is 5.26 Å². The van der Waals surface area contributed by atoms with Crippen molar-refractivity contribution < 1.29 is 14.3 Å². The molecule has 3 rings (SSSR count). The highest BCUT2D eigenvalue weighted by atomic mass is 16.5. The summed E-state index contributed by atoms with van der Waals surface area (Å²) in [5, 5.41) is 15.0. The van der Waals surface area contributed by atoms with Crippen molar-refractivity contribution >= 4 is 22.4 Å². The van der Waals surface area contributed by atoms with Crippen LogP contribution >= 0.6 is 0 Å². The van der Waals surface area contributed by atoms with Crippen molar-refractivity contribution in [3.63, 3.8) is 0 Å². The largest absolute Gasteiger partial charge is 0.497 e. The Bertz CT molecular complexity index is 1070. The molecule has 0 aromatic heterocycles. The second-order valence-electron chi connectivity index (χ2n) is 6.08. The SMILES string of the molecule is COc1ccc2cc(/C(C)=N\NC(=O)COc3ccc(C#N)cc3)ccc2c1. The van der Waals surface area contributed by atoms with Gasteiger partial charge in [0.1, 0.15) is 11.5 Å².